The molecule has 1 aromatic heterocycles. The minimum Gasteiger partial charge on any atom is -0.349 e. The summed E-state index contributed by atoms with van der Waals surface area (Å²) >= 11 is 1.32. The molecule has 11 heteroatoms. The summed E-state index contributed by atoms with van der Waals surface area (Å²) in [6.07, 6.45) is -1.43. The van der Waals surface area contributed by atoms with Gasteiger partial charge in [0.25, 0.3) is 5.91 Å². The molecule has 1 aromatic carbocycles. The first kappa shape index (κ1) is 25.5. The molecule has 2 aromatic rings. The van der Waals surface area contributed by atoms with E-state index in [4.69, 9.17) is 0 Å². The molecule has 3 rings (SSSR count). The number of nitrogens with one attached hydrogen (secondary N) is 1. The van der Waals surface area contributed by atoms with Gasteiger partial charge in [0.15, 0.2) is 0 Å². The van der Waals surface area contributed by atoms with Gasteiger partial charge in [0.05, 0.1) is 23.7 Å². The molecule has 34 heavy (non-hydrogen) atoms. The predicted octanol–water partition coefficient (Wildman–Crippen LogP) is 5.06. The summed E-state index contributed by atoms with van der Waals surface area (Å²) in [6, 6.07) is 4.50. The average Bonchev–Trinajstić information content (AvgIpc) is 3.29. The van der Waals surface area contributed by atoms with Crippen molar-refractivity contribution < 1.29 is 22.8 Å². The Kier molecular flexibility index (Phi) is 8.19. The molecule has 7 nitrogen and oxygen atoms in total. The van der Waals surface area contributed by atoms with Crippen molar-refractivity contribution in [1.82, 2.24) is 15.2 Å². The smallest absolute Gasteiger partial charge is 0.349 e. The summed E-state index contributed by atoms with van der Waals surface area (Å²) in [7, 11) is 1.49. The maximum atomic E-state index is 12.9. The molecular formula is C23H26F3N5O2S. The van der Waals surface area contributed by atoms with Crippen LogP contribution in [0.2, 0.25) is 0 Å². The number of halogens is 3. The van der Waals surface area contributed by atoms with Crippen LogP contribution >= 0.6 is 11.3 Å². The summed E-state index contributed by atoms with van der Waals surface area (Å²) < 4.78 is 38.3. The van der Waals surface area contributed by atoms with Crippen molar-refractivity contribution in [3.8, 4) is 11.3 Å². The van der Waals surface area contributed by atoms with E-state index in [1.807, 2.05) is 6.92 Å². The molecule has 0 aliphatic carbocycles. The SMILES string of the molecule is C/C=C(\N=NC)C(=O)N1CCCC(C(=O)NCc2nc(-c3ccc(C(F)(F)F)cc3)cs2)C1C. The quantitative estimate of drug-likeness (QED) is 0.451. The monoisotopic (exact) mass is 493 g/mol. The van der Waals surface area contributed by atoms with Crippen molar-refractivity contribution in [3.05, 3.63) is 52.0 Å². The number of nitrogens with zero attached hydrogens (tertiary/aromatic N) is 4. The number of thiazole rings is 1. The van der Waals surface area contributed by atoms with Crippen LogP contribution in [0.4, 0.5) is 13.2 Å². The summed E-state index contributed by atoms with van der Waals surface area (Å²) in [5.74, 6) is -0.793. The Balaban J connectivity index is 1.61. The van der Waals surface area contributed by atoms with E-state index >= 15 is 0 Å². The van der Waals surface area contributed by atoms with E-state index in [2.05, 4.69) is 20.5 Å². The third kappa shape index (κ3) is 5.88. The third-order valence-electron chi connectivity index (χ3n) is 5.76. The second-order valence-corrected chi connectivity index (χ2v) is 8.82. The normalized spacial score (nSPS) is 19.5. The Morgan fingerprint density at radius 1 is 1.29 bits per heavy atom. The molecule has 1 aliphatic heterocycles. The van der Waals surface area contributed by atoms with Crippen LogP contribution in [-0.4, -0.2) is 41.3 Å². The van der Waals surface area contributed by atoms with Crippen LogP contribution < -0.4 is 5.32 Å². The highest BCUT2D eigenvalue weighted by Crippen LogP contribution is 2.31. The third-order valence-corrected chi connectivity index (χ3v) is 6.61. The average molecular weight is 494 g/mol. The first-order valence-electron chi connectivity index (χ1n) is 10.8. The zero-order chi connectivity index (χ0) is 24.9. The highest BCUT2D eigenvalue weighted by Gasteiger charge is 2.36. The molecule has 0 spiro atoms. The van der Waals surface area contributed by atoms with Crippen molar-refractivity contribution in [2.24, 2.45) is 16.1 Å². The summed E-state index contributed by atoms with van der Waals surface area (Å²) in [4.78, 5) is 31.8. The molecule has 2 heterocycles. The number of amides is 2. The van der Waals surface area contributed by atoms with Crippen LogP contribution in [0.15, 0.2) is 51.6 Å². The van der Waals surface area contributed by atoms with E-state index in [9.17, 15) is 22.8 Å². The van der Waals surface area contributed by atoms with Crippen molar-refractivity contribution in [1.29, 1.82) is 0 Å². The van der Waals surface area contributed by atoms with Gasteiger partial charge in [0.2, 0.25) is 5.91 Å². The predicted molar refractivity (Wildman–Crippen MR) is 123 cm³/mol. The molecule has 0 saturated carbocycles. The van der Waals surface area contributed by atoms with Crippen molar-refractivity contribution in [3.63, 3.8) is 0 Å². The molecule has 1 saturated heterocycles. The van der Waals surface area contributed by atoms with Gasteiger partial charge in [-0.25, -0.2) is 4.98 Å². The Morgan fingerprint density at radius 2 is 2.00 bits per heavy atom. The second kappa shape index (κ2) is 10.9. The number of likely N-dealkylation sites (tertiary alicyclic amines) is 1. The fourth-order valence-electron chi connectivity index (χ4n) is 3.91. The molecule has 0 bridgehead atoms. The van der Waals surface area contributed by atoms with Crippen molar-refractivity contribution in [2.45, 2.75) is 45.5 Å². The highest BCUT2D eigenvalue weighted by atomic mass is 32.1. The Bertz CT molecular complexity index is 1080. The standard InChI is InChI=1S/C23H26F3N5O2S/c1-4-18(30-27-3)22(33)31-11-5-6-17(14(31)2)21(32)28-12-20-29-19(13-34-20)15-7-9-16(10-8-15)23(24,25)26/h4,7-10,13-14,17H,5-6,11-12H2,1-3H3,(H,28,32)/b18-4-,30-27?. The van der Waals surface area contributed by atoms with Crippen LogP contribution in [-0.2, 0) is 22.3 Å². The molecule has 1 fully saturated rings. The number of alkyl halides is 3. The lowest BCUT2D eigenvalue weighted by molar-refractivity contribution is -0.138. The van der Waals surface area contributed by atoms with E-state index in [1.165, 1.54) is 30.5 Å². The number of azo groups is 1. The molecule has 0 radical (unpaired) electrons. The molecule has 182 valence electrons. The van der Waals surface area contributed by atoms with E-state index in [1.54, 1.807) is 23.3 Å². The number of piperidine rings is 1. The number of benzene rings is 1. The Morgan fingerprint density at radius 3 is 2.62 bits per heavy atom. The first-order chi connectivity index (χ1) is 16.2. The number of rotatable bonds is 6. The molecule has 2 atom stereocenters. The zero-order valence-electron chi connectivity index (χ0n) is 19.1. The highest BCUT2D eigenvalue weighted by molar-refractivity contribution is 7.09. The fraction of sp³-hybridized carbons (Fsp3) is 0.435. The molecule has 2 amide bonds. The minimum absolute atomic E-state index is 0.171. The Labute approximate surface area is 199 Å². The fourth-order valence-corrected chi connectivity index (χ4v) is 4.65. The van der Waals surface area contributed by atoms with Gasteiger partial charge in [-0.15, -0.1) is 11.3 Å². The van der Waals surface area contributed by atoms with Crippen LogP contribution in [0.3, 0.4) is 0 Å². The van der Waals surface area contributed by atoms with Gasteiger partial charge in [0, 0.05) is 30.6 Å². The molecule has 1 aliphatic rings. The van der Waals surface area contributed by atoms with Crippen LogP contribution in [0.5, 0.6) is 0 Å². The van der Waals surface area contributed by atoms with E-state index in [0.717, 1.165) is 12.1 Å². The van der Waals surface area contributed by atoms with Gasteiger partial charge in [0.1, 0.15) is 10.7 Å². The lowest BCUT2D eigenvalue weighted by atomic mass is 9.89. The molecule has 2 unspecified atom stereocenters. The number of hydrogen-bond donors (Lipinski definition) is 1. The molecule has 1 N–H and O–H groups in total. The zero-order valence-corrected chi connectivity index (χ0v) is 19.9. The van der Waals surface area contributed by atoms with Gasteiger partial charge in [-0.05, 0) is 38.8 Å². The van der Waals surface area contributed by atoms with Gasteiger partial charge in [-0.3, -0.25) is 9.59 Å². The largest absolute Gasteiger partial charge is 0.416 e. The number of hydrogen-bond acceptors (Lipinski definition) is 6. The van der Waals surface area contributed by atoms with E-state index in [-0.39, 0.29) is 36.0 Å². The van der Waals surface area contributed by atoms with Gasteiger partial charge in [-0.1, -0.05) is 18.2 Å². The van der Waals surface area contributed by atoms with Crippen LogP contribution in [0.1, 0.15) is 37.3 Å². The first-order valence-corrected chi connectivity index (χ1v) is 11.7. The molecular weight excluding hydrogens is 467 g/mol. The number of allylic oxidation sites excluding steroid dienone is 1. The summed E-state index contributed by atoms with van der Waals surface area (Å²) in [5.41, 5.74) is 0.650. The summed E-state index contributed by atoms with van der Waals surface area (Å²) in [6.45, 7) is 4.31. The minimum atomic E-state index is -4.39. The number of carbonyl (C=O) groups is 2. The topological polar surface area (TPSA) is 87.0 Å². The van der Waals surface area contributed by atoms with Gasteiger partial charge in [-0.2, -0.15) is 23.4 Å². The van der Waals surface area contributed by atoms with Gasteiger partial charge >= 0.3 is 6.18 Å². The maximum absolute atomic E-state index is 12.9. The summed E-state index contributed by atoms with van der Waals surface area (Å²) in [5, 5.41) is 12.8. The number of aromatic nitrogens is 1. The van der Waals surface area contributed by atoms with Crippen LogP contribution in [0, 0.1) is 5.92 Å². The van der Waals surface area contributed by atoms with Crippen molar-refractivity contribution >= 4 is 23.2 Å². The van der Waals surface area contributed by atoms with E-state index < -0.39 is 11.7 Å². The maximum Gasteiger partial charge on any atom is 0.416 e. The van der Waals surface area contributed by atoms with Gasteiger partial charge < -0.3 is 10.2 Å². The van der Waals surface area contributed by atoms with E-state index in [0.29, 0.717) is 35.7 Å². The van der Waals surface area contributed by atoms with Crippen molar-refractivity contribution in [2.75, 3.05) is 13.6 Å². The second-order valence-electron chi connectivity index (χ2n) is 7.88. The lowest BCUT2D eigenvalue weighted by Gasteiger charge is -2.38. The van der Waals surface area contributed by atoms with Crippen LogP contribution in [0.25, 0.3) is 11.3 Å². The lowest BCUT2D eigenvalue weighted by Crippen LogP contribution is -2.51. The number of carbonyl (C=O) groups excluding carboxylic acids is 2. The Hall–Kier alpha value is -3.08.